The Morgan fingerprint density at radius 3 is 2.94 bits per heavy atom. The van der Waals surface area contributed by atoms with Gasteiger partial charge in [0, 0.05) is 25.6 Å². The van der Waals surface area contributed by atoms with Crippen LogP contribution in [-0.2, 0) is 13.0 Å². The van der Waals surface area contributed by atoms with Crippen molar-refractivity contribution in [3.63, 3.8) is 0 Å². The van der Waals surface area contributed by atoms with Crippen LogP contribution in [0.1, 0.15) is 32.0 Å². The van der Waals surface area contributed by atoms with Gasteiger partial charge in [-0.25, -0.2) is 4.98 Å². The predicted octanol–water partition coefficient (Wildman–Crippen LogP) is 1.65. The zero-order chi connectivity index (χ0) is 12.4. The van der Waals surface area contributed by atoms with Crippen molar-refractivity contribution in [1.29, 1.82) is 0 Å². The van der Waals surface area contributed by atoms with E-state index in [1.54, 1.807) is 11.8 Å². The molecule has 0 fully saturated rings. The van der Waals surface area contributed by atoms with Gasteiger partial charge in [-0.05, 0) is 19.6 Å². The third-order valence-electron chi connectivity index (χ3n) is 3.09. The highest BCUT2D eigenvalue weighted by molar-refractivity contribution is 7.99. The third kappa shape index (κ3) is 2.72. The molecule has 94 valence electrons. The van der Waals surface area contributed by atoms with Crippen molar-refractivity contribution < 1.29 is 0 Å². The molecule has 0 aromatic carbocycles. The van der Waals surface area contributed by atoms with E-state index in [0.717, 1.165) is 41.7 Å². The maximum absolute atomic E-state index is 12.0. The van der Waals surface area contributed by atoms with Crippen molar-refractivity contribution >= 4 is 11.8 Å². The molecule has 0 bridgehead atoms. The molecule has 4 nitrogen and oxygen atoms in total. The van der Waals surface area contributed by atoms with Crippen molar-refractivity contribution in [2.45, 2.75) is 44.9 Å². The second-order valence-corrected chi connectivity index (χ2v) is 5.80. The average molecular weight is 253 g/mol. The molecule has 0 saturated carbocycles. The van der Waals surface area contributed by atoms with Crippen LogP contribution in [0.25, 0.3) is 0 Å². The zero-order valence-electron chi connectivity index (χ0n) is 10.6. The summed E-state index contributed by atoms with van der Waals surface area (Å²) in [5.74, 6) is 0.930. The standard InChI is InChI=1S/C12H19N3OS/c1-4-17-12-13-10-5-6-15(8(2)3)7-9(10)11(16)14-12/h8H,4-7H2,1-3H3,(H,13,14,16). The topological polar surface area (TPSA) is 49.0 Å². The quantitative estimate of drug-likeness (QED) is 0.657. The molecule has 0 aliphatic carbocycles. The number of rotatable bonds is 3. The van der Waals surface area contributed by atoms with Gasteiger partial charge < -0.3 is 4.98 Å². The molecule has 1 aromatic rings. The molecule has 1 aliphatic rings. The smallest absolute Gasteiger partial charge is 0.256 e. The van der Waals surface area contributed by atoms with Gasteiger partial charge in [0.25, 0.3) is 5.56 Å². The normalized spacial score (nSPS) is 16.2. The molecule has 1 N–H and O–H groups in total. The Kier molecular flexibility index (Phi) is 3.89. The van der Waals surface area contributed by atoms with Gasteiger partial charge in [0.2, 0.25) is 0 Å². The van der Waals surface area contributed by atoms with Crippen LogP contribution in [-0.4, -0.2) is 33.2 Å². The molecule has 0 unspecified atom stereocenters. The summed E-state index contributed by atoms with van der Waals surface area (Å²) in [5, 5.41) is 0.759. The summed E-state index contributed by atoms with van der Waals surface area (Å²) >= 11 is 1.59. The number of thioether (sulfide) groups is 1. The lowest BCUT2D eigenvalue weighted by Crippen LogP contribution is -2.39. The number of nitrogens with zero attached hydrogens (tertiary/aromatic N) is 2. The minimum atomic E-state index is 0.0382. The molecule has 0 amide bonds. The Hall–Kier alpha value is -0.810. The molecule has 1 aromatic heterocycles. The van der Waals surface area contributed by atoms with Gasteiger partial charge in [0.1, 0.15) is 0 Å². The zero-order valence-corrected chi connectivity index (χ0v) is 11.4. The van der Waals surface area contributed by atoms with Gasteiger partial charge >= 0.3 is 0 Å². The highest BCUT2D eigenvalue weighted by Gasteiger charge is 2.22. The Morgan fingerprint density at radius 1 is 1.53 bits per heavy atom. The fraction of sp³-hybridized carbons (Fsp3) is 0.667. The Morgan fingerprint density at radius 2 is 2.29 bits per heavy atom. The summed E-state index contributed by atoms with van der Waals surface area (Å²) in [7, 11) is 0. The van der Waals surface area contributed by atoms with Gasteiger partial charge in [0.05, 0.1) is 11.3 Å². The summed E-state index contributed by atoms with van der Waals surface area (Å²) in [4.78, 5) is 21.7. The Labute approximate surface area is 106 Å². The first kappa shape index (κ1) is 12.6. The predicted molar refractivity (Wildman–Crippen MR) is 70.5 cm³/mol. The van der Waals surface area contributed by atoms with Crippen LogP contribution in [0.2, 0.25) is 0 Å². The van der Waals surface area contributed by atoms with Crippen LogP contribution >= 0.6 is 11.8 Å². The van der Waals surface area contributed by atoms with E-state index in [-0.39, 0.29) is 5.56 Å². The highest BCUT2D eigenvalue weighted by Crippen LogP contribution is 2.18. The lowest BCUT2D eigenvalue weighted by molar-refractivity contribution is 0.200. The molecule has 1 aliphatic heterocycles. The number of hydrogen-bond acceptors (Lipinski definition) is 4. The average Bonchev–Trinajstić information content (AvgIpc) is 2.29. The van der Waals surface area contributed by atoms with E-state index < -0.39 is 0 Å². The van der Waals surface area contributed by atoms with E-state index in [4.69, 9.17) is 0 Å². The van der Waals surface area contributed by atoms with Crippen LogP contribution in [0.3, 0.4) is 0 Å². The molecule has 17 heavy (non-hydrogen) atoms. The maximum Gasteiger partial charge on any atom is 0.256 e. The summed E-state index contributed by atoms with van der Waals surface area (Å²) < 4.78 is 0. The van der Waals surface area contributed by atoms with E-state index in [9.17, 15) is 4.79 Å². The number of hydrogen-bond donors (Lipinski definition) is 1. The van der Waals surface area contributed by atoms with E-state index in [0.29, 0.717) is 6.04 Å². The molecule has 2 rings (SSSR count). The number of fused-ring (bicyclic) bond motifs is 1. The fourth-order valence-electron chi connectivity index (χ4n) is 2.07. The molecular weight excluding hydrogens is 234 g/mol. The fourth-order valence-corrected chi connectivity index (χ4v) is 2.68. The maximum atomic E-state index is 12.0. The summed E-state index contributed by atoms with van der Waals surface area (Å²) in [6.07, 6.45) is 0.884. The van der Waals surface area contributed by atoms with Crippen molar-refractivity contribution in [1.82, 2.24) is 14.9 Å². The lowest BCUT2D eigenvalue weighted by atomic mass is 10.1. The SMILES string of the molecule is CCSc1nc2c(c(=O)[nH]1)CN(C(C)C)CC2. The van der Waals surface area contributed by atoms with E-state index in [2.05, 4.69) is 35.6 Å². The second kappa shape index (κ2) is 5.23. The molecule has 0 spiro atoms. The number of H-pyrrole nitrogens is 1. The second-order valence-electron chi connectivity index (χ2n) is 4.54. The van der Waals surface area contributed by atoms with Crippen LogP contribution in [0.15, 0.2) is 9.95 Å². The monoisotopic (exact) mass is 253 g/mol. The summed E-state index contributed by atoms with van der Waals surface area (Å²) in [6.45, 7) is 8.11. The Bertz CT molecular complexity index is 456. The Balaban J connectivity index is 2.30. The number of nitrogens with one attached hydrogen (secondary N) is 1. The summed E-state index contributed by atoms with van der Waals surface area (Å²) in [5.41, 5.74) is 1.88. The van der Waals surface area contributed by atoms with E-state index in [1.165, 1.54) is 0 Å². The van der Waals surface area contributed by atoms with Crippen molar-refractivity contribution in [3.05, 3.63) is 21.6 Å². The lowest BCUT2D eigenvalue weighted by Gasteiger charge is -2.30. The van der Waals surface area contributed by atoms with Gasteiger partial charge in [-0.2, -0.15) is 0 Å². The van der Waals surface area contributed by atoms with Crippen LogP contribution in [0.5, 0.6) is 0 Å². The third-order valence-corrected chi connectivity index (χ3v) is 3.84. The van der Waals surface area contributed by atoms with Gasteiger partial charge in [0.15, 0.2) is 5.16 Å². The van der Waals surface area contributed by atoms with Crippen molar-refractivity contribution in [2.24, 2.45) is 0 Å². The first-order valence-electron chi connectivity index (χ1n) is 6.10. The first-order valence-corrected chi connectivity index (χ1v) is 7.09. The van der Waals surface area contributed by atoms with Crippen molar-refractivity contribution in [3.8, 4) is 0 Å². The largest absolute Gasteiger partial charge is 0.301 e. The minimum Gasteiger partial charge on any atom is -0.301 e. The van der Waals surface area contributed by atoms with Crippen LogP contribution in [0, 0.1) is 0 Å². The number of aromatic nitrogens is 2. The molecule has 2 heterocycles. The van der Waals surface area contributed by atoms with E-state index >= 15 is 0 Å². The minimum absolute atomic E-state index is 0.0382. The van der Waals surface area contributed by atoms with Gasteiger partial charge in [-0.15, -0.1) is 0 Å². The van der Waals surface area contributed by atoms with Gasteiger partial charge in [-0.3, -0.25) is 9.69 Å². The molecule has 5 heteroatoms. The van der Waals surface area contributed by atoms with Crippen molar-refractivity contribution in [2.75, 3.05) is 12.3 Å². The molecule has 0 radical (unpaired) electrons. The first-order chi connectivity index (χ1) is 8.11. The molecule has 0 atom stereocenters. The van der Waals surface area contributed by atoms with Crippen LogP contribution in [0.4, 0.5) is 0 Å². The molecule has 0 saturated heterocycles. The summed E-state index contributed by atoms with van der Waals surface area (Å²) in [6, 6.07) is 0.479. The van der Waals surface area contributed by atoms with Crippen LogP contribution < -0.4 is 5.56 Å². The molecular formula is C12H19N3OS. The van der Waals surface area contributed by atoms with Gasteiger partial charge in [-0.1, -0.05) is 18.7 Å². The van der Waals surface area contributed by atoms with E-state index in [1.807, 2.05) is 0 Å². The highest BCUT2D eigenvalue weighted by atomic mass is 32.2. The number of aromatic amines is 1.